The minimum Gasteiger partial charge on any atom is -0.394 e. The molecule has 0 amide bonds. The Labute approximate surface area is 85.5 Å². The third-order valence-corrected chi connectivity index (χ3v) is 2.63. The molecule has 0 aliphatic heterocycles. The molecule has 0 fully saturated rings. The van der Waals surface area contributed by atoms with E-state index < -0.39 is 0 Å². The molecule has 4 nitrogen and oxygen atoms in total. The predicted molar refractivity (Wildman–Crippen MR) is 60.3 cm³/mol. The molecular weight excluding hydrogens is 176 g/mol. The summed E-state index contributed by atoms with van der Waals surface area (Å²) in [7, 11) is 1.90. The van der Waals surface area contributed by atoms with E-state index in [4.69, 9.17) is 5.73 Å². The average molecular weight is 196 g/mol. The van der Waals surface area contributed by atoms with Crippen LogP contribution in [0.1, 0.15) is 26.5 Å². The van der Waals surface area contributed by atoms with E-state index in [-0.39, 0.29) is 0 Å². The number of hydrogen-bond acceptors (Lipinski definition) is 3. The molecule has 1 unspecified atom stereocenters. The van der Waals surface area contributed by atoms with Crippen molar-refractivity contribution in [2.75, 3.05) is 11.1 Å². The number of rotatable bonds is 3. The monoisotopic (exact) mass is 196 g/mol. The first-order valence-electron chi connectivity index (χ1n) is 4.99. The van der Waals surface area contributed by atoms with Crippen molar-refractivity contribution in [3.05, 3.63) is 5.69 Å². The lowest BCUT2D eigenvalue weighted by Gasteiger charge is -2.19. The Morgan fingerprint density at radius 1 is 1.36 bits per heavy atom. The summed E-state index contributed by atoms with van der Waals surface area (Å²) in [6.07, 6.45) is 0. The molecular formula is C10H20N4. The number of nitrogens with zero attached hydrogens (tertiary/aromatic N) is 2. The summed E-state index contributed by atoms with van der Waals surface area (Å²) in [5, 5.41) is 7.63. The molecule has 0 aliphatic rings. The van der Waals surface area contributed by atoms with Crippen LogP contribution in [0.3, 0.4) is 0 Å². The van der Waals surface area contributed by atoms with Crippen molar-refractivity contribution in [3.8, 4) is 0 Å². The van der Waals surface area contributed by atoms with Crippen LogP contribution in [0.2, 0.25) is 0 Å². The van der Waals surface area contributed by atoms with Crippen LogP contribution in [-0.2, 0) is 7.05 Å². The third kappa shape index (κ3) is 2.00. The number of hydrogen-bond donors (Lipinski definition) is 2. The fraction of sp³-hybridized carbons (Fsp3) is 0.700. The van der Waals surface area contributed by atoms with E-state index in [1.165, 1.54) is 0 Å². The predicted octanol–water partition coefficient (Wildman–Crippen LogP) is 1.77. The van der Waals surface area contributed by atoms with Gasteiger partial charge in [-0.15, -0.1) is 0 Å². The van der Waals surface area contributed by atoms with Crippen LogP contribution < -0.4 is 11.1 Å². The molecule has 1 aromatic rings. The number of nitrogens with one attached hydrogen (secondary N) is 1. The Morgan fingerprint density at radius 2 is 1.93 bits per heavy atom. The fourth-order valence-electron chi connectivity index (χ4n) is 1.23. The van der Waals surface area contributed by atoms with Crippen LogP contribution in [0.25, 0.3) is 0 Å². The van der Waals surface area contributed by atoms with E-state index >= 15 is 0 Å². The summed E-state index contributed by atoms with van der Waals surface area (Å²) in [6.45, 7) is 8.42. The molecule has 0 radical (unpaired) electrons. The van der Waals surface area contributed by atoms with Gasteiger partial charge in [0.15, 0.2) is 0 Å². The van der Waals surface area contributed by atoms with E-state index in [1.54, 1.807) is 4.68 Å². The highest BCUT2D eigenvalue weighted by molar-refractivity contribution is 5.64. The zero-order valence-corrected chi connectivity index (χ0v) is 9.63. The van der Waals surface area contributed by atoms with Gasteiger partial charge in [-0.1, -0.05) is 13.8 Å². The van der Waals surface area contributed by atoms with Gasteiger partial charge in [-0.2, -0.15) is 5.10 Å². The van der Waals surface area contributed by atoms with Crippen molar-refractivity contribution in [1.29, 1.82) is 0 Å². The van der Waals surface area contributed by atoms with E-state index in [0.717, 1.165) is 17.2 Å². The van der Waals surface area contributed by atoms with Gasteiger partial charge in [0.05, 0.1) is 11.4 Å². The highest BCUT2D eigenvalue weighted by Gasteiger charge is 2.13. The van der Waals surface area contributed by atoms with Crippen LogP contribution in [-0.4, -0.2) is 15.8 Å². The van der Waals surface area contributed by atoms with E-state index in [0.29, 0.717) is 12.0 Å². The summed E-state index contributed by atoms with van der Waals surface area (Å²) in [5.74, 6) is 1.49. The number of aryl methyl sites for hydroxylation is 2. The van der Waals surface area contributed by atoms with Gasteiger partial charge in [-0.25, -0.2) is 0 Å². The molecule has 14 heavy (non-hydrogen) atoms. The molecule has 3 N–H and O–H groups in total. The van der Waals surface area contributed by atoms with Gasteiger partial charge in [0.25, 0.3) is 0 Å². The van der Waals surface area contributed by atoms with Gasteiger partial charge in [0, 0.05) is 13.1 Å². The molecule has 0 saturated heterocycles. The van der Waals surface area contributed by atoms with Gasteiger partial charge in [0.1, 0.15) is 5.82 Å². The lowest BCUT2D eigenvalue weighted by Crippen LogP contribution is -2.23. The van der Waals surface area contributed by atoms with Crippen LogP contribution in [0.15, 0.2) is 0 Å². The highest BCUT2D eigenvalue weighted by Crippen LogP contribution is 2.22. The minimum absolute atomic E-state index is 0.395. The molecule has 0 bridgehead atoms. The number of nitrogens with two attached hydrogens (primary N) is 1. The van der Waals surface area contributed by atoms with Crippen molar-refractivity contribution in [3.63, 3.8) is 0 Å². The molecule has 1 atom stereocenters. The van der Waals surface area contributed by atoms with Crippen LogP contribution in [0.5, 0.6) is 0 Å². The van der Waals surface area contributed by atoms with Crippen molar-refractivity contribution in [2.24, 2.45) is 13.0 Å². The maximum atomic E-state index is 5.91. The Morgan fingerprint density at radius 3 is 2.29 bits per heavy atom. The maximum Gasteiger partial charge on any atom is 0.147 e. The zero-order valence-electron chi connectivity index (χ0n) is 9.63. The normalized spacial score (nSPS) is 13.3. The molecule has 0 aliphatic carbocycles. The van der Waals surface area contributed by atoms with Gasteiger partial charge in [0.2, 0.25) is 0 Å². The first kappa shape index (κ1) is 10.9. The summed E-state index contributed by atoms with van der Waals surface area (Å²) in [4.78, 5) is 0. The third-order valence-electron chi connectivity index (χ3n) is 2.63. The highest BCUT2D eigenvalue weighted by atomic mass is 15.3. The summed E-state index contributed by atoms with van der Waals surface area (Å²) < 4.78 is 1.80. The molecule has 1 aromatic heterocycles. The summed E-state index contributed by atoms with van der Waals surface area (Å²) in [5.41, 5.74) is 7.54. The smallest absolute Gasteiger partial charge is 0.147 e. The van der Waals surface area contributed by atoms with Crippen molar-refractivity contribution >= 4 is 11.5 Å². The first-order chi connectivity index (χ1) is 6.43. The van der Waals surface area contributed by atoms with E-state index in [9.17, 15) is 0 Å². The number of nitrogen functional groups attached to an aromatic ring is 1. The molecule has 0 saturated carbocycles. The molecule has 0 spiro atoms. The Kier molecular flexibility index (Phi) is 3.03. The SMILES string of the molecule is Cc1nn(C)c(NC(C)C(C)C)c1N. The van der Waals surface area contributed by atoms with Gasteiger partial charge in [-0.05, 0) is 19.8 Å². The van der Waals surface area contributed by atoms with Crippen molar-refractivity contribution in [1.82, 2.24) is 9.78 Å². The Hall–Kier alpha value is -1.19. The fourth-order valence-corrected chi connectivity index (χ4v) is 1.23. The first-order valence-corrected chi connectivity index (χ1v) is 4.99. The second-order valence-electron chi connectivity index (χ2n) is 4.15. The van der Waals surface area contributed by atoms with Gasteiger partial charge in [-0.3, -0.25) is 4.68 Å². The van der Waals surface area contributed by atoms with Crippen LogP contribution in [0.4, 0.5) is 11.5 Å². The Bertz CT molecular complexity index is 314. The lowest BCUT2D eigenvalue weighted by atomic mass is 10.1. The average Bonchev–Trinajstić information content (AvgIpc) is 2.32. The van der Waals surface area contributed by atoms with Crippen LogP contribution >= 0.6 is 0 Å². The zero-order chi connectivity index (χ0) is 10.9. The second kappa shape index (κ2) is 3.90. The molecule has 1 rings (SSSR count). The van der Waals surface area contributed by atoms with Gasteiger partial charge < -0.3 is 11.1 Å². The van der Waals surface area contributed by atoms with Crippen molar-refractivity contribution in [2.45, 2.75) is 33.7 Å². The molecule has 1 heterocycles. The van der Waals surface area contributed by atoms with E-state index in [1.807, 2.05) is 14.0 Å². The number of aromatic nitrogens is 2. The summed E-state index contributed by atoms with van der Waals surface area (Å²) >= 11 is 0. The quantitative estimate of drug-likeness (QED) is 0.774. The lowest BCUT2D eigenvalue weighted by molar-refractivity contribution is 0.554. The van der Waals surface area contributed by atoms with E-state index in [2.05, 4.69) is 31.2 Å². The second-order valence-corrected chi connectivity index (χ2v) is 4.15. The largest absolute Gasteiger partial charge is 0.394 e. The van der Waals surface area contributed by atoms with Crippen molar-refractivity contribution < 1.29 is 0 Å². The standard InChI is InChI=1S/C10H20N4/c1-6(2)7(3)12-10-9(11)8(4)13-14(10)5/h6-7,12H,11H2,1-5H3. The minimum atomic E-state index is 0.395. The van der Waals surface area contributed by atoms with Crippen LogP contribution in [0, 0.1) is 12.8 Å². The maximum absolute atomic E-state index is 5.91. The molecule has 4 heteroatoms. The Balaban J connectivity index is 2.86. The molecule has 0 aromatic carbocycles. The topological polar surface area (TPSA) is 55.9 Å². The number of anilines is 2. The van der Waals surface area contributed by atoms with Gasteiger partial charge >= 0.3 is 0 Å². The molecule has 80 valence electrons. The summed E-state index contributed by atoms with van der Waals surface area (Å²) in [6, 6.07) is 0.395.